The Kier molecular flexibility index (Phi) is 5.20. The number of amides is 1. The number of fused-ring (bicyclic) bond motifs is 4. The molecular weight excluding hydrogens is 410 g/mol. The number of ether oxygens (including phenoxy) is 2. The molecule has 1 aromatic carbocycles. The van der Waals surface area contributed by atoms with Gasteiger partial charge in [0.1, 0.15) is 0 Å². The first-order valence-corrected chi connectivity index (χ1v) is 10.7. The molecule has 8 heteroatoms. The van der Waals surface area contributed by atoms with Crippen molar-refractivity contribution in [3.05, 3.63) is 64.2 Å². The number of methoxy groups -OCH3 is 2. The van der Waals surface area contributed by atoms with Crippen LogP contribution in [0.4, 0.5) is 0 Å². The van der Waals surface area contributed by atoms with E-state index < -0.39 is 0 Å². The molecule has 166 valence electrons. The van der Waals surface area contributed by atoms with E-state index in [1.165, 1.54) is 0 Å². The lowest BCUT2D eigenvalue weighted by atomic mass is 9.83. The van der Waals surface area contributed by atoms with Crippen LogP contribution in [-0.4, -0.2) is 47.8 Å². The van der Waals surface area contributed by atoms with Crippen molar-refractivity contribution in [2.24, 2.45) is 5.92 Å². The number of likely N-dealkylation sites (tertiary alicyclic amines) is 1. The van der Waals surface area contributed by atoms with Crippen LogP contribution in [0.15, 0.2) is 51.8 Å². The summed E-state index contributed by atoms with van der Waals surface area (Å²) in [5, 5.41) is 4.11. The van der Waals surface area contributed by atoms with E-state index in [1.54, 1.807) is 38.5 Å². The lowest BCUT2D eigenvalue weighted by Gasteiger charge is -2.42. The number of piperidine rings is 1. The van der Waals surface area contributed by atoms with Crippen LogP contribution < -0.4 is 15.0 Å². The molecule has 2 unspecified atom stereocenters. The van der Waals surface area contributed by atoms with Gasteiger partial charge in [-0.2, -0.15) is 0 Å². The van der Waals surface area contributed by atoms with E-state index in [9.17, 15) is 9.59 Å². The van der Waals surface area contributed by atoms with Gasteiger partial charge in [0.25, 0.3) is 5.56 Å². The van der Waals surface area contributed by atoms with E-state index in [0.29, 0.717) is 48.5 Å². The van der Waals surface area contributed by atoms with Crippen molar-refractivity contribution < 1.29 is 18.8 Å². The molecule has 2 aliphatic rings. The number of carbonyl (C=O) groups excluding carboxylic acids is 1. The molecule has 2 bridgehead atoms. The monoisotopic (exact) mass is 435 g/mol. The Morgan fingerprint density at radius 1 is 1.09 bits per heavy atom. The smallest absolute Gasteiger partial charge is 0.250 e. The SMILES string of the molecule is COc1ccc(-c2cc(CC(=O)N3CC4CC(C3)c3cccc(=O)n3C4)no2)cc1OC. The first kappa shape index (κ1) is 20.4. The minimum absolute atomic E-state index is 0.0265. The molecule has 8 nitrogen and oxygen atoms in total. The third-order valence-corrected chi connectivity index (χ3v) is 6.39. The van der Waals surface area contributed by atoms with Crippen LogP contribution in [0.3, 0.4) is 0 Å². The van der Waals surface area contributed by atoms with E-state index in [4.69, 9.17) is 14.0 Å². The summed E-state index contributed by atoms with van der Waals surface area (Å²) in [6.45, 7) is 1.96. The zero-order valence-corrected chi connectivity index (χ0v) is 18.1. The minimum atomic E-state index is 0.0265. The van der Waals surface area contributed by atoms with Gasteiger partial charge in [-0.3, -0.25) is 9.59 Å². The molecular formula is C24H25N3O5. The topological polar surface area (TPSA) is 86.8 Å². The fourth-order valence-corrected chi connectivity index (χ4v) is 4.89. The van der Waals surface area contributed by atoms with Crippen LogP contribution in [0, 0.1) is 5.92 Å². The van der Waals surface area contributed by atoms with Gasteiger partial charge in [0.05, 0.1) is 26.3 Å². The second kappa shape index (κ2) is 8.18. The summed E-state index contributed by atoms with van der Waals surface area (Å²) in [4.78, 5) is 27.1. The quantitative estimate of drug-likeness (QED) is 0.613. The first-order chi connectivity index (χ1) is 15.6. The Morgan fingerprint density at radius 3 is 2.75 bits per heavy atom. The molecule has 0 radical (unpaired) electrons. The highest BCUT2D eigenvalue weighted by Gasteiger charge is 2.36. The Labute approximate surface area is 185 Å². The molecule has 32 heavy (non-hydrogen) atoms. The number of aromatic nitrogens is 2. The van der Waals surface area contributed by atoms with E-state index >= 15 is 0 Å². The maximum Gasteiger partial charge on any atom is 0.250 e. The highest BCUT2D eigenvalue weighted by Crippen LogP contribution is 2.35. The summed E-state index contributed by atoms with van der Waals surface area (Å²) >= 11 is 0. The van der Waals surface area contributed by atoms with E-state index in [0.717, 1.165) is 17.7 Å². The predicted octanol–water partition coefficient (Wildman–Crippen LogP) is 2.71. The van der Waals surface area contributed by atoms with E-state index in [1.807, 2.05) is 27.7 Å². The molecule has 5 rings (SSSR count). The Hall–Kier alpha value is -3.55. The average Bonchev–Trinajstić information content (AvgIpc) is 3.27. The molecule has 3 aromatic rings. The Balaban J connectivity index is 1.30. The maximum atomic E-state index is 13.0. The van der Waals surface area contributed by atoms with Crippen molar-refractivity contribution in [3.63, 3.8) is 0 Å². The molecule has 0 saturated carbocycles. The highest BCUT2D eigenvalue weighted by molar-refractivity contribution is 5.79. The third-order valence-electron chi connectivity index (χ3n) is 6.39. The van der Waals surface area contributed by atoms with Crippen molar-refractivity contribution in [1.82, 2.24) is 14.6 Å². The molecule has 2 aliphatic heterocycles. The number of hydrogen-bond acceptors (Lipinski definition) is 6. The maximum absolute atomic E-state index is 13.0. The predicted molar refractivity (Wildman–Crippen MR) is 117 cm³/mol. The summed E-state index contributed by atoms with van der Waals surface area (Å²) in [6.07, 6.45) is 1.19. The lowest BCUT2D eigenvalue weighted by molar-refractivity contribution is -0.133. The zero-order valence-electron chi connectivity index (χ0n) is 18.1. The number of benzene rings is 1. The molecule has 1 saturated heterocycles. The third kappa shape index (κ3) is 3.66. The molecule has 0 N–H and O–H groups in total. The van der Waals surface area contributed by atoms with E-state index in [2.05, 4.69) is 5.16 Å². The van der Waals surface area contributed by atoms with Crippen molar-refractivity contribution >= 4 is 5.91 Å². The fraction of sp³-hybridized carbons (Fsp3) is 0.375. The summed E-state index contributed by atoms with van der Waals surface area (Å²) < 4.78 is 18.0. The number of nitrogens with zero attached hydrogens (tertiary/aromatic N) is 3. The zero-order chi connectivity index (χ0) is 22.2. The van der Waals surface area contributed by atoms with Crippen molar-refractivity contribution in [3.8, 4) is 22.8 Å². The fourth-order valence-electron chi connectivity index (χ4n) is 4.89. The average molecular weight is 435 g/mol. The van der Waals surface area contributed by atoms with Crippen molar-refractivity contribution in [1.29, 1.82) is 0 Å². The van der Waals surface area contributed by atoms with Crippen LogP contribution >= 0.6 is 0 Å². The number of carbonyl (C=O) groups is 1. The molecule has 0 spiro atoms. The molecule has 1 amide bonds. The lowest BCUT2D eigenvalue weighted by Crippen LogP contribution is -2.49. The van der Waals surface area contributed by atoms with Crippen LogP contribution in [0.25, 0.3) is 11.3 Å². The molecule has 2 aromatic heterocycles. The molecule has 4 heterocycles. The second-order valence-electron chi connectivity index (χ2n) is 8.43. The van der Waals surface area contributed by atoms with Gasteiger partial charge in [0.2, 0.25) is 5.91 Å². The number of hydrogen-bond donors (Lipinski definition) is 0. The van der Waals surface area contributed by atoms with Crippen LogP contribution in [0.5, 0.6) is 11.5 Å². The van der Waals surface area contributed by atoms with Crippen LogP contribution in [0.2, 0.25) is 0 Å². The van der Waals surface area contributed by atoms with Gasteiger partial charge in [-0.1, -0.05) is 11.2 Å². The molecule has 2 atom stereocenters. The van der Waals surface area contributed by atoms with Crippen LogP contribution in [-0.2, 0) is 17.8 Å². The Morgan fingerprint density at radius 2 is 1.94 bits per heavy atom. The Bertz CT molecular complexity index is 1210. The standard InChI is InChI=1S/C24H25N3O5/c1-30-20-7-6-16(9-22(20)31-2)21-10-18(25-32-21)11-24(29)26-12-15-8-17(14-26)19-4-3-5-23(28)27(19)13-15/h3-7,9-10,15,17H,8,11-14H2,1-2H3. The largest absolute Gasteiger partial charge is 0.493 e. The van der Waals surface area contributed by atoms with E-state index in [-0.39, 0.29) is 23.8 Å². The summed E-state index contributed by atoms with van der Waals surface area (Å²) in [5.41, 5.74) is 2.46. The van der Waals surface area contributed by atoms with Crippen molar-refractivity contribution in [2.45, 2.75) is 25.3 Å². The van der Waals surface area contributed by atoms with Crippen LogP contribution in [0.1, 0.15) is 23.7 Å². The first-order valence-electron chi connectivity index (χ1n) is 10.7. The highest BCUT2D eigenvalue weighted by atomic mass is 16.5. The summed E-state index contributed by atoms with van der Waals surface area (Å²) in [5.74, 6) is 2.31. The van der Waals surface area contributed by atoms with Gasteiger partial charge < -0.3 is 23.5 Å². The van der Waals surface area contributed by atoms with Gasteiger partial charge in [0.15, 0.2) is 17.3 Å². The second-order valence-corrected chi connectivity index (χ2v) is 8.43. The number of rotatable bonds is 5. The number of pyridine rings is 1. The normalized spacial score (nSPS) is 19.4. The minimum Gasteiger partial charge on any atom is -0.493 e. The van der Waals surface area contributed by atoms with Gasteiger partial charge in [-0.05, 0) is 36.6 Å². The molecule has 1 fully saturated rings. The summed E-state index contributed by atoms with van der Waals surface area (Å²) in [7, 11) is 3.16. The van der Waals surface area contributed by atoms with Gasteiger partial charge in [0, 0.05) is 48.9 Å². The van der Waals surface area contributed by atoms with Crippen molar-refractivity contribution in [2.75, 3.05) is 27.3 Å². The van der Waals surface area contributed by atoms with Gasteiger partial charge >= 0.3 is 0 Å². The molecule has 0 aliphatic carbocycles. The summed E-state index contributed by atoms with van der Waals surface area (Å²) in [6, 6.07) is 12.7. The van der Waals surface area contributed by atoms with Gasteiger partial charge in [-0.25, -0.2) is 0 Å². The van der Waals surface area contributed by atoms with Gasteiger partial charge in [-0.15, -0.1) is 0 Å².